The highest BCUT2D eigenvalue weighted by Crippen LogP contribution is 2.49. The molecule has 2 aromatic carbocycles. The molecule has 9 nitrogen and oxygen atoms in total. The first-order chi connectivity index (χ1) is 17.2. The zero-order chi connectivity index (χ0) is 25.9. The van der Waals surface area contributed by atoms with Gasteiger partial charge < -0.3 is 19.5 Å². The van der Waals surface area contributed by atoms with Gasteiger partial charge in [0.2, 0.25) is 15.9 Å². The quantitative estimate of drug-likeness (QED) is 0.509. The Balaban J connectivity index is 1.44. The Morgan fingerprint density at radius 3 is 2.42 bits per heavy atom. The summed E-state index contributed by atoms with van der Waals surface area (Å²) in [6.45, 7) is 2.51. The number of rotatable bonds is 9. The van der Waals surface area contributed by atoms with Crippen LogP contribution < -0.4 is 14.8 Å². The Morgan fingerprint density at radius 1 is 1.08 bits per heavy atom. The van der Waals surface area contributed by atoms with E-state index in [0.29, 0.717) is 37.4 Å². The largest absolute Gasteiger partial charge is 0.497 e. The summed E-state index contributed by atoms with van der Waals surface area (Å²) in [5.41, 5.74) is 0.900. The van der Waals surface area contributed by atoms with Crippen molar-refractivity contribution in [3.63, 3.8) is 0 Å². The van der Waals surface area contributed by atoms with Crippen molar-refractivity contribution in [3.8, 4) is 11.5 Å². The molecule has 1 heterocycles. The van der Waals surface area contributed by atoms with Gasteiger partial charge in [0.05, 0.1) is 32.2 Å². The number of ether oxygens (including phenoxy) is 3. The van der Waals surface area contributed by atoms with E-state index < -0.39 is 21.4 Å². The number of anilines is 1. The minimum atomic E-state index is -3.90. The van der Waals surface area contributed by atoms with Gasteiger partial charge in [-0.25, -0.2) is 8.42 Å². The van der Waals surface area contributed by atoms with Gasteiger partial charge in [0, 0.05) is 24.8 Å². The minimum absolute atomic E-state index is 0.0107. The third-order valence-electron chi connectivity index (χ3n) is 6.86. The van der Waals surface area contributed by atoms with Gasteiger partial charge in [-0.2, -0.15) is 4.31 Å². The first kappa shape index (κ1) is 26.0. The van der Waals surface area contributed by atoms with Crippen LogP contribution in [0.5, 0.6) is 11.5 Å². The first-order valence-electron chi connectivity index (χ1n) is 12.1. The highest BCUT2D eigenvalue weighted by Gasteiger charge is 2.52. The molecule has 0 aromatic heterocycles. The zero-order valence-corrected chi connectivity index (χ0v) is 21.6. The normalized spacial score (nSPS) is 19.2. The van der Waals surface area contributed by atoms with Gasteiger partial charge in [0.15, 0.2) is 0 Å². The molecule has 1 saturated carbocycles. The maximum absolute atomic E-state index is 13.4. The van der Waals surface area contributed by atoms with E-state index in [1.54, 1.807) is 31.2 Å². The second-order valence-corrected chi connectivity index (χ2v) is 11.0. The van der Waals surface area contributed by atoms with Gasteiger partial charge >= 0.3 is 5.97 Å². The predicted octanol–water partition coefficient (Wildman–Crippen LogP) is 3.34. The average molecular weight is 517 g/mol. The highest BCUT2D eigenvalue weighted by molar-refractivity contribution is 7.89. The summed E-state index contributed by atoms with van der Waals surface area (Å²) in [6.07, 6.45) is 2.64. The Bertz CT molecular complexity index is 1220. The van der Waals surface area contributed by atoms with Crippen LogP contribution in [0.15, 0.2) is 47.4 Å². The molecule has 1 aliphatic heterocycles. The maximum Gasteiger partial charge on any atom is 0.316 e. The molecule has 4 rings (SSSR count). The molecule has 194 valence electrons. The lowest BCUT2D eigenvalue weighted by Crippen LogP contribution is -2.43. The van der Waals surface area contributed by atoms with Crippen LogP contribution in [0.3, 0.4) is 0 Å². The molecule has 0 spiro atoms. The van der Waals surface area contributed by atoms with E-state index in [1.807, 2.05) is 12.1 Å². The van der Waals surface area contributed by atoms with Crippen molar-refractivity contribution in [2.45, 2.75) is 42.9 Å². The van der Waals surface area contributed by atoms with Crippen LogP contribution >= 0.6 is 0 Å². The van der Waals surface area contributed by atoms with Gasteiger partial charge in [-0.1, -0.05) is 12.1 Å². The third kappa shape index (κ3) is 5.05. The smallest absolute Gasteiger partial charge is 0.316 e. The fraction of sp³-hybridized carbons (Fsp3) is 0.462. The summed E-state index contributed by atoms with van der Waals surface area (Å²) in [6, 6.07) is 11.8. The van der Waals surface area contributed by atoms with Crippen LogP contribution in [0.2, 0.25) is 0 Å². The number of nitrogens with zero attached hydrogens (tertiary/aromatic N) is 1. The average Bonchev–Trinajstić information content (AvgIpc) is 3.71. The second-order valence-electron chi connectivity index (χ2n) is 9.09. The van der Waals surface area contributed by atoms with E-state index in [0.717, 1.165) is 18.4 Å². The number of nitrogens with one attached hydrogen (secondary N) is 1. The van der Waals surface area contributed by atoms with Gasteiger partial charge in [0.1, 0.15) is 16.4 Å². The third-order valence-corrected chi connectivity index (χ3v) is 8.75. The monoisotopic (exact) mass is 516 g/mol. The highest BCUT2D eigenvalue weighted by atomic mass is 32.2. The van der Waals surface area contributed by atoms with Crippen LogP contribution in [-0.2, 0) is 29.8 Å². The number of hydrogen-bond acceptors (Lipinski definition) is 7. The van der Waals surface area contributed by atoms with Crippen molar-refractivity contribution < 1.29 is 32.2 Å². The Hall–Kier alpha value is -3.11. The second kappa shape index (κ2) is 10.5. The van der Waals surface area contributed by atoms with E-state index in [2.05, 4.69) is 5.32 Å². The lowest BCUT2D eigenvalue weighted by Gasteiger charge is -2.31. The Kier molecular flexibility index (Phi) is 7.56. The summed E-state index contributed by atoms with van der Waals surface area (Å²) in [5, 5.41) is 2.90. The van der Waals surface area contributed by atoms with Gasteiger partial charge in [-0.15, -0.1) is 0 Å². The molecule has 2 fully saturated rings. The lowest BCUT2D eigenvalue weighted by molar-refractivity contribution is -0.146. The van der Waals surface area contributed by atoms with E-state index in [9.17, 15) is 18.0 Å². The number of piperidine rings is 1. The standard InChI is InChI=1S/C26H32N2O7S/c1-4-35-25(30)26(13-14-26)19-7-9-20(10-8-19)27-24(29)18-6-5-15-28(17-18)36(31,32)23-16-21(33-2)11-12-22(23)34-3/h7-12,16,18H,4-6,13-15,17H2,1-3H3,(H,27,29)/t18-/m1/s1. The number of benzene rings is 2. The molecule has 2 aromatic rings. The Morgan fingerprint density at radius 2 is 1.81 bits per heavy atom. The maximum atomic E-state index is 13.4. The fourth-order valence-corrected chi connectivity index (χ4v) is 6.32. The minimum Gasteiger partial charge on any atom is -0.497 e. The molecule has 1 atom stereocenters. The van der Waals surface area contributed by atoms with Crippen molar-refractivity contribution in [3.05, 3.63) is 48.0 Å². The van der Waals surface area contributed by atoms with Gasteiger partial charge in [-0.3, -0.25) is 9.59 Å². The zero-order valence-electron chi connectivity index (χ0n) is 20.8. The van der Waals surface area contributed by atoms with E-state index in [-0.39, 0.29) is 29.1 Å². The van der Waals surface area contributed by atoms with E-state index in [4.69, 9.17) is 14.2 Å². The van der Waals surface area contributed by atoms with E-state index in [1.165, 1.54) is 24.6 Å². The summed E-state index contributed by atoms with van der Waals surface area (Å²) < 4.78 is 43.9. The number of methoxy groups -OCH3 is 2. The molecule has 1 N–H and O–H groups in total. The molecule has 1 saturated heterocycles. The summed E-state index contributed by atoms with van der Waals surface area (Å²) in [7, 11) is -1.02. The fourth-order valence-electron chi connectivity index (χ4n) is 4.62. The van der Waals surface area contributed by atoms with Crippen LogP contribution in [0.1, 0.15) is 38.2 Å². The van der Waals surface area contributed by atoms with Crippen LogP contribution in [0.4, 0.5) is 5.69 Å². The lowest BCUT2D eigenvalue weighted by atomic mass is 9.95. The van der Waals surface area contributed by atoms with Gasteiger partial charge in [0.25, 0.3) is 0 Å². The molecule has 0 bridgehead atoms. The molecule has 36 heavy (non-hydrogen) atoms. The molecular formula is C26H32N2O7S. The van der Waals surface area contributed by atoms with Crippen molar-refractivity contribution in [1.82, 2.24) is 4.31 Å². The number of esters is 1. The molecule has 2 aliphatic rings. The molecule has 1 amide bonds. The van der Waals surface area contributed by atoms with Crippen LogP contribution in [0, 0.1) is 5.92 Å². The summed E-state index contributed by atoms with van der Waals surface area (Å²) in [5.74, 6) is -0.331. The molecule has 0 radical (unpaired) electrons. The molecule has 1 aliphatic carbocycles. The Labute approximate surface area is 211 Å². The topological polar surface area (TPSA) is 111 Å². The van der Waals surface area contributed by atoms with Crippen molar-refractivity contribution in [2.24, 2.45) is 5.92 Å². The summed E-state index contributed by atoms with van der Waals surface area (Å²) >= 11 is 0. The van der Waals surface area contributed by atoms with Crippen molar-refractivity contribution in [1.29, 1.82) is 0 Å². The molecular weight excluding hydrogens is 484 g/mol. The molecule has 0 unspecified atom stereocenters. The number of carbonyl (C=O) groups is 2. The van der Waals surface area contributed by atoms with Crippen LogP contribution in [-0.4, -0.2) is 58.5 Å². The number of amides is 1. The summed E-state index contributed by atoms with van der Waals surface area (Å²) in [4.78, 5) is 25.4. The van der Waals surface area contributed by atoms with E-state index >= 15 is 0 Å². The molecule has 10 heteroatoms. The van der Waals surface area contributed by atoms with Gasteiger partial charge in [-0.05, 0) is 62.4 Å². The number of sulfonamides is 1. The number of hydrogen-bond donors (Lipinski definition) is 1. The SMILES string of the molecule is CCOC(=O)C1(c2ccc(NC(=O)[C@@H]3CCCN(S(=O)(=O)c4cc(OC)ccc4OC)C3)cc2)CC1. The van der Waals surface area contributed by atoms with Crippen molar-refractivity contribution >= 4 is 27.6 Å². The number of carbonyl (C=O) groups excluding carboxylic acids is 2. The first-order valence-corrected chi connectivity index (χ1v) is 13.5. The predicted molar refractivity (Wildman–Crippen MR) is 134 cm³/mol. The van der Waals surface area contributed by atoms with Crippen LogP contribution in [0.25, 0.3) is 0 Å². The van der Waals surface area contributed by atoms with Crippen molar-refractivity contribution in [2.75, 3.05) is 39.2 Å².